The van der Waals surface area contributed by atoms with Crippen LogP contribution in [0.5, 0.6) is 0 Å². The highest BCUT2D eigenvalue weighted by atomic mass is 19.1. The Bertz CT molecular complexity index is 901. The maximum Gasteiger partial charge on any atom is 0.142 e. The summed E-state index contributed by atoms with van der Waals surface area (Å²) in [5.41, 5.74) is 4.01. The number of benzene rings is 3. The Morgan fingerprint density at radius 2 is 1.12 bits per heavy atom. The minimum atomic E-state index is -0.648. The molecule has 0 heterocycles. The molecule has 0 aliphatic carbocycles. The van der Waals surface area contributed by atoms with Crippen LogP contribution >= 0.6 is 0 Å². The minimum absolute atomic E-state index is 0.202. The van der Waals surface area contributed by atoms with Crippen molar-refractivity contribution in [2.24, 2.45) is 0 Å². The van der Waals surface area contributed by atoms with Crippen molar-refractivity contribution in [3.8, 4) is 23.0 Å². The van der Waals surface area contributed by atoms with Gasteiger partial charge in [0.15, 0.2) is 0 Å². The molecule has 0 saturated carbocycles. The average molecular weight is 318 g/mol. The first-order valence-corrected chi connectivity index (χ1v) is 7.68. The minimum Gasteiger partial charge on any atom is -0.205 e. The number of hydrogen-bond acceptors (Lipinski definition) is 0. The molecule has 3 aromatic rings. The number of hydrogen-bond donors (Lipinski definition) is 0. The second kappa shape index (κ2) is 6.68. The van der Waals surface area contributed by atoms with E-state index in [9.17, 15) is 8.78 Å². The molecule has 3 rings (SSSR count). The summed E-state index contributed by atoms with van der Waals surface area (Å²) in [6.07, 6.45) is 0. The van der Waals surface area contributed by atoms with Gasteiger partial charge in [-0.2, -0.15) is 0 Å². The zero-order valence-corrected chi connectivity index (χ0v) is 13.5. The Morgan fingerprint density at radius 1 is 0.625 bits per heavy atom. The lowest BCUT2D eigenvalue weighted by atomic mass is 10.0. The number of halogens is 2. The second-order valence-corrected chi connectivity index (χ2v) is 5.80. The van der Waals surface area contributed by atoms with Gasteiger partial charge in [0.05, 0.1) is 5.56 Å². The van der Waals surface area contributed by atoms with Gasteiger partial charge in [-0.1, -0.05) is 59.4 Å². The quantitative estimate of drug-likeness (QED) is 0.509. The fourth-order valence-electron chi connectivity index (χ4n) is 2.38. The Labute approximate surface area is 140 Å². The molecule has 0 aliphatic rings. The highest BCUT2D eigenvalue weighted by Gasteiger charge is 2.10. The third-order valence-corrected chi connectivity index (χ3v) is 3.81. The van der Waals surface area contributed by atoms with Crippen molar-refractivity contribution in [1.82, 2.24) is 0 Å². The van der Waals surface area contributed by atoms with Gasteiger partial charge in [0.25, 0.3) is 0 Å². The SMILES string of the molecule is Cc1ccc(C#Cc2c(F)cc(-c3ccc(C)cc3)cc2F)cc1. The van der Waals surface area contributed by atoms with Crippen molar-refractivity contribution in [1.29, 1.82) is 0 Å². The zero-order chi connectivity index (χ0) is 17.1. The lowest BCUT2D eigenvalue weighted by Gasteiger charge is -2.05. The van der Waals surface area contributed by atoms with Crippen molar-refractivity contribution in [3.05, 3.63) is 94.6 Å². The summed E-state index contributed by atoms with van der Waals surface area (Å²) in [5.74, 6) is 4.12. The summed E-state index contributed by atoms with van der Waals surface area (Å²) < 4.78 is 28.6. The van der Waals surface area contributed by atoms with E-state index < -0.39 is 11.6 Å². The van der Waals surface area contributed by atoms with Crippen LogP contribution in [0.25, 0.3) is 11.1 Å². The van der Waals surface area contributed by atoms with Gasteiger partial charge < -0.3 is 0 Å². The van der Waals surface area contributed by atoms with E-state index in [1.165, 1.54) is 12.1 Å². The van der Waals surface area contributed by atoms with Crippen LogP contribution in [-0.4, -0.2) is 0 Å². The highest BCUT2D eigenvalue weighted by molar-refractivity contribution is 5.65. The van der Waals surface area contributed by atoms with Gasteiger partial charge in [0.1, 0.15) is 11.6 Å². The van der Waals surface area contributed by atoms with Gasteiger partial charge in [-0.05, 0) is 49.2 Å². The van der Waals surface area contributed by atoms with E-state index in [-0.39, 0.29) is 5.56 Å². The van der Waals surface area contributed by atoms with Crippen LogP contribution in [0.15, 0.2) is 60.7 Å². The first kappa shape index (κ1) is 16.0. The Hall–Kier alpha value is -2.92. The monoisotopic (exact) mass is 318 g/mol. The molecule has 24 heavy (non-hydrogen) atoms. The summed E-state index contributed by atoms with van der Waals surface area (Å²) in [4.78, 5) is 0. The molecule has 0 aliphatic heterocycles. The molecule has 0 fully saturated rings. The maximum atomic E-state index is 14.3. The number of rotatable bonds is 1. The van der Waals surface area contributed by atoms with Crippen LogP contribution in [0.2, 0.25) is 0 Å². The first-order chi connectivity index (χ1) is 11.5. The largest absolute Gasteiger partial charge is 0.205 e. The topological polar surface area (TPSA) is 0 Å². The van der Waals surface area contributed by atoms with Crippen molar-refractivity contribution in [2.45, 2.75) is 13.8 Å². The van der Waals surface area contributed by atoms with Crippen LogP contribution in [0, 0.1) is 37.3 Å². The Balaban J connectivity index is 1.96. The lowest BCUT2D eigenvalue weighted by molar-refractivity contribution is 0.578. The predicted octanol–water partition coefficient (Wildman–Crippen LogP) is 5.65. The standard InChI is InChI=1S/C22H16F2/c1-15-3-7-17(8-4-15)9-12-20-21(23)13-19(14-22(20)24)18-10-5-16(2)6-11-18/h3-8,10-11,13-14H,1-2H3. The normalized spacial score (nSPS) is 10.2. The smallest absolute Gasteiger partial charge is 0.142 e. The molecule has 0 aromatic heterocycles. The molecule has 0 nitrogen and oxygen atoms in total. The number of aryl methyl sites for hydroxylation is 2. The summed E-state index contributed by atoms with van der Waals surface area (Å²) in [5, 5.41) is 0. The fourth-order valence-corrected chi connectivity index (χ4v) is 2.38. The average Bonchev–Trinajstić information content (AvgIpc) is 2.56. The van der Waals surface area contributed by atoms with E-state index >= 15 is 0 Å². The molecule has 0 saturated heterocycles. The zero-order valence-electron chi connectivity index (χ0n) is 13.5. The third-order valence-electron chi connectivity index (χ3n) is 3.81. The summed E-state index contributed by atoms with van der Waals surface area (Å²) in [6.45, 7) is 3.94. The van der Waals surface area contributed by atoms with Crippen molar-refractivity contribution in [3.63, 3.8) is 0 Å². The molecular weight excluding hydrogens is 302 g/mol. The molecule has 2 heteroatoms. The van der Waals surface area contributed by atoms with Crippen molar-refractivity contribution < 1.29 is 8.78 Å². The van der Waals surface area contributed by atoms with E-state index in [4.69, 9.17) is 0 Å². The van der Waals surface area contributed by atoms with Crippen LogP contribution in [-0.2, 0) is 0 Å². The van der Waals surface area contributed by atoms with Crippen LogP contribution in [0.3, 0.4) is 0 Å². The van der Waals surface area contributed by atoms with Crippen LogP contribution in [0.1, 0.15) is 22.3 Å². The molecule has 0 N–H and O–H groups in total. The lowest BCUT2D eigenvalue weighted by Crippen LogP contribution is -1.92. The van der Waals surface area contributed by atoms with Crippen LogP contribution < -0.4 is 0 Å². The van der Waals surface area contributed by atoms with Gasteiger partial charge in [0.2, 0.25) is 0 Å². The summed E-state index contributed by atoms with van der Waals surface area (Å²) in [6, 6.07) is 17.7. The Kier molecular flexibility index (Phi) is 4.44. The third kappa shape index (κ3) is 3.52. The summed E-state index contributed by atoms with van der Waals surface area (Å²) in [7, 11) is 0. The van der Waals surface area contributed by atoms with E-state index in [1.807, 2.05) is 62.4 Å². The first-order valence-electron chi connectivity index (χ1n) is 7.68. The van der Waals surface area contributed by atoms with Gasteiger partial charge in [-0.25, -0.2) is 8.78 Å². The van der Waals surface area contributed by atoms with Crippen molar-refractivity contribution in [2.75, 3.05) is 0 Å². The van der Waals surface area contributed by atoms with E-state index in [1.54, 1.807) is 0 Å². The molecule has 0 radical (unpaired) electrons. The van der Waals surface area contributed by atoms with Gasteiger partial charge in [-0.3, -0.25) is 0 Å². The van der Waals surface area contributed by atoms with Gasteiger partial charge in [-0.15, -0.1) is 0 Å². The maximum absolute atomic E-state index is 14.3. The molecule has 0 atom stereocenters. The van der Waals surface area contributed by atoms with E-state index in [2.05, 4.69) is 11.8 Å². The van der Waals surface area contributed by atoms with E-state index in [0.29, 0.717) is 5.56 Å². The molecule has 0 unspecified atom stereocenters. The van der Waals surface area contributed by atoms with Gasteiger partial charge in [0, 0.05) is 5.56 Å². The van der Waals surface area contributed by atoms with Crippen LogP contribution in [0.4, 0.5) is 8.78 Å². The fraction of sp³-hybridized carbons (Fsp3) is 0.0909. The van der Waals surface area contributed by atoms with E-state index in [0.717, 1.165) is 22.3 Å². The van der Waals surface area contributed by atoms with Gasteiger partial charge >= 0.3 is 0 Å². The second-order valence-electron chi connectivity index (χ2n) is 5.80. The van der Waals surface area contributed by atoms with Crippen molar-refractivity contribution >= 4 is 0 Å². The Morgan fingerprint density at radius 3 is 1.67 bits per heavy atom. The molecule has 0 bridgehead atoms. The molecule has 0 spiro atoms. The molecule has 3 aromatic carbocycles. The molecule has 118 valence electrons. The molecular formula is C22H16F2. The molecule has 0 amide bonds. The highest BCUT2D eigenvalue weighted by Crippen LogP contribution is 2.24. The summed E-state index contributed by atoms with van der Waals surface area (Å²) >= 11 is 0. The predicted molar refractivity (Wildman–Crippen MR) is 93.7 cm³/mol.